The Morgan fingerprint density at radius 2 is 2.11 bits per heavy atom. The number of aryl methyl sites for hydroxylation is 1. The van der Waals surface area contributed by atoms with E-state index in [0.29, 0.717) is 0 Å². The molecule has 3 rings (SSSR count). The van der Waals surface area contributed by atoms with E-state index in [-0.39, 0.29) is 0 Å². The third kappa shape index (κ3) is 1.82. The zero-order valence-electron chi connectivity index (χ0n) is 10.7. The van der Waals surface area contributed by atoms with Crippen LogP contribution in [0.25, 0.3) is 21.9 Å². The van der Waals surface area contributed by atoms with Gasteiger partial charge in [-0.05, 0) is 37.1 Å². The van der Waals surface area contributed by atoms with Gasteiger partial charge in [0.2, 0.25) is 0 Å². The van der Waals surface area contributed by atoms with Crippen molar-refractivity contribution in [3.05, 3.63) is 36.0 Å². The maximum Gasteiger partial charge on any atom is 0.121 e. The smallest absolute Gasteiger partial charge is 0.121 e. The van der Waals surface area contributed by atoms with Gasteiger partial charge < -0.3 is 9.72 Å². The Morgan fingerprint density at radius 3 is 2.94 bits per heavy atom. The molecule has 3 heteroatoms. The summed E-state index contributed by atoms with van der Waals surface area (Å²) in [4.78, 5) is 7.88. The number of nitrogens with zero attached hydrogens (tertiary/aromatic N) is 1. The lowest BCUT2D eigenvalue weighted by atomic mass is 10.2. The van der Waals surface area contributed by atoms with Crippen molar-refractivity contribution in [3.8, 4) is 5.75 Å². The van der Waals surface area contributed by atoms with Crippen LogP contribution in [0.4, 0.5) is 0 Å². The second-order valence-electron chi connectivity index (χ2n) is 4.59. The first-order chi connectivity index (χ1) is 8.78. The van der Waals surface area contributed by atoms with Gasteiger partial charge in [0.15, 0.2) is 0 Å². The summed E-state index contributed by atoms with van der Waals surface area (Å²) in [6.45, 7) is 4.91. The summed E-state index contributed by atoms with van der Waals surface area (Å²) >= 11 is 0. The predicted molar refractivity (Wildman–Crippen MR) is 74.1 cm³/mol. The number of hydrogen-bond acceptors (Lipinski definition) is 2. The van der Waals surface area contributed by atoms with Crippen LogP contribution in [0.5, 0.6) is 5.75 Å². The van der Waals surface area contributed by atoms with Crippen molar-refractivity contribution in [2.45, 2.75) is 20.3 Å². The number of benzene rings is 1. The van der Waals surface area contributed by atoms with Crippen LogP contribution in [0.1, 0.15) is 18.9 Å². The summed E-state index contributed by atoms with van der Waals surface area (Å²) in [6.07, 6.45) is 2.92. The van der Waals surface area contributed by atoms with Gasteiger partial charge in [0, 0.05) is 17.6 Å². The molecule has 0 aliphatic heterocycles. The Kier molecular flexibility index (Phi) is 2.67. The maximum atomic E-state index is 5.64. The van der Waals surface area contributed by atoms with Crippen LogP contribution in [0.2, 0.25) is 0 Å². The van der Waals surface area contributed by atoms with Crippen LogP contribution in [0, 0.1) is 6.92 Å². The monoisotopic (exact) mass is 240 g/mol. The van der Waals surface area contributed by atoms with E-state index < -0.39 is 0 Å². The first kappa shape index (κ1) is 11.1. The minimum atomic E-state index is 0.753. The van der Waals surface area contributed by atoms with Crippen molar-refractivity contribution in [2.75, 3.05) is 6.61 Å². The maximum absolute atomic E-state index is 5.64. The average Bonchev–Trinajstić information content (AvgIpc) is 2.72. The van der Waals surface area contributed by atoms with E-state index in [4.69, 9.17) is 4.74 Å². The number of H-pyrrole nitrogens is 1. The van der Waals surface area contributed by atoms with E-state index >= 15 is 0 Å². The molecular weight excluding hydrogens is 224 g/mol. The fraction of sp³-hybridized carbons (Fsp3) is 0.267. The van der Waals surface area contributed by atoms with Crippen molar-refractivity contribution in [3.63, 3.8) is 0 Å². The first-order valence-electron chi connectivity index (χ1n) is 6.29. The molecule has 0 atom stereocenters. The Hall–Kier alpha value is -2.03. The molecule has 0 radical (unpaired) electrons. The highest BCUT2D eigenvalue weighted by Gasteiger charge is 2.06. The number of pyridine rings is 1. The van der Waals surface area contributed by atoms with E-state index in [1.54, 1.807) is 0 Å². The Morgan fingerprint density at radius 1 is 1.22 bits per heavy atom. The normalized spacial score (nSPS) is 11.2. The van der Waals surface area contributed by atoms with E-state index in [1.807, 2.05) is 25.3 Å². The Labute approximate surface area is 106 Å². The summed E-state index contributed by atoms with van der Waals surface area (Å²) in [5.74, 6) is 0.910. The molecule has 1 aromatic carbocycles. The number of ether oxygens (including phenoxy) is 1. The summed E-state index contributed by atoms with van der Waals surface area (Å²) < 4.78 is 5.64. The molecular formula is C15H16N2O. The number of hydrogen-bond donors (Lipinski definition) is 1. The van der Waals surface area contributed by atoms with Crippen molar-refractivity contribution in [1.29, 1.82) is 0 Å². The number of rotatable bonds is 3. The van der Waals surface area contributed by atoms with Gasteiger partial charge in [-0.1, -0.05) is 6.92 Å². The first-order valence-corrected chi connectivity index (χ1v) is 6.29. The van der Waals surface area contributed by atoms with Crippen molar-refractivity contribution >= 4 is 21.9 Å². The lowest BCUT2D eigenvalue weighted by Crippen LogP contribution is -1.94. The molecule has 0 saturated heterocycles. The summed E-state index contributed by atoms with van der Waals surface area (Å²) in [5, 5.41) is 1.15. The number of fused-ring (bicyclic) bond motifs is 3. The second-order valence-corrected chi connectivity index (χ2v) is 4.59. The summed E-state index contributed by atoms with van der Waals surface area (Å²) in [7, 11) is 0. The zero-order valence-corrected chi connectivity index (χ0v) is 10.7. The number of aromatic nitrogens is 2. The molecule has 0 fully saturated rings. The lowest BCUT2D eigenvalue weighted by Gasteiger charge is -2.03. The van der Waals surface area contributed by atoms with Gasteiger partial charge in [-0.2, -0.15) is 0 Å². The average molecular weight is 240 g/mol. The van der Waals surface area contributed by atoms with Crippen LogP contribution in [0.15, 0.2) is 30.5 Å². The molecule has 3 nitrogen and oxygen atoms in total. The molecule has 1 N–H and O–H groups in total. The van der Waals surface area contributed by atoms with E-state index in [2.05, 4.69) is 29.0 Å². The second kappa shape index (κ2) is 4.33. The third-order valence-corrected chi connectivity index (χ3v) is 3.01. The zero-order chi connectivity index (χ0) is 12.5. The van der Waals surface area contributed by atoms with Crippen molar-refractivity contribution in [2.24, 2.45) is 0 Å². The van der Waals surface area contributed by atoms with Crippen LogP contribution in [-0.2, 0) is 0 Å². The molecule has 0 aliphatic rings. The highest BCUT2D eigenvalue weighted by molar-refractivity contribution is 6.05. The van der Waals surface area contributed by atoms with Gasteiger partial charge in [0.1, 0.15) is 5.75 Å². The predicted octanol–water partition coefficient (Wildman–Crippen LogP) is 3.81. The lowest BCUT2D eigenvalue weighted by molar-refractivity contribution is 0.318. The Bertz CT molecular complexity index is 700. The molecule has 18 heavy (non-hydrogen) atoms. The van der Waals surface area contributed by atoms with E-state index in [0.717, 1.165) is 46.3 Å². The van der Waals surface area contributed by atoms with Gasteiger partial charge in [-0.15, -0.1) is 0 Å². The fourth-order valence-corrected chi connectivity index (χ4v) is 2.17. The summed E-state index contributed by atoms with van der Waals surface area (Å²) in [6, 6.07) is 8.24. The van der Waals surface area contributed by atoms with Crippen LogP contribution in [-0.4, -0.2) is 16.6 Å². The minimum Gasteiger partial charge on any atom is -0.494 e. The molecule has 92 valence electrons. The minimum absolute atomic E-state index is 0.753. The fourth-order valence-electron chi connectivity index (χ4n) is 2.17. The molecule has 0 amide bonds. The number of aromatic amines is 1. The molecule has 0 spiro atoms. The van der Waals surface area contributed by atoms with Crippen LogP contribution in [0.3, 0.4) is 0 Å². The molecule has 2 aromatic heterocycles. The van der Waals surface area contributed by atoms with Crippen LogP contribution < -0.4 is 4.74 Å². The van der Waals surface area contributed by atoms with Crippen LogP contribution >= 0.6 is 0 Å². The largest absolute Gasteiger partial charge is 0.494 e. The Balaban J connectivity index is 2.14. The SMILES string of the molecule is CCCOc1ccc2c(c1)[nH]c1cc(C)cnc12. The number of nitrogens with one attached hydrogen (secondary N) is 1. The molecule has 2 heterocycles. The standard InChI is InChI=1S/C15H16N2O/c1-3-6-18-11-4-5-12-13(8-11)17-14-7-10(2)9-16-15(12)14/h4-5,7-9,17H,3,6H2,1-2H3. The molecule has 3 aromatic rings. The quantitative estimate of drug-likeness (QED) is 0.755. The topological polar surface area (TPSA) is 37.9 Å². The molecule has 0 aliphatic carbocycles. The van der Waals surface area contributed by atoms with Gasteiger partial charge >= 0.3 is 0 Å². The van der Waals surface area contributed by atoms with E-state index in [9.17, 15) is 0 Å². The highest BCUT2D eigenvalue weighted by Crippen LogP contribution is 2.27. The third-order valence-electron chi connectivity index (χ3n) is 3.01. The molecule has 0 unspecified atom stereocenters. The van der Waals surface area contributed by atoms with E-state index in [1.165, 1.54) is 0 Å². The molecule has 0 bridgehead atoms. The van der Waals surface area contributed by atoms with Gasteiger partial charge in [0.05, 0.1) is 23.2 Å². The molecule has 0 saturated carbocycles. The van der Waals surface area contributed by atoms with Gasteiger partial charge in [-0.3, -0.25) is 4.98 Å². The van der Waals surface area contributed by atoms with Gasteiger partial charge in [0.25, 0.3) is 0 Å². The van der Waals surface area contributed by atoms with Crippen molar-refractivity contribution < 1.29 is 4.74 Å². The van der Waals surface area contributed by atoms with Gasteiger partial charge in [-0.25, -0.2) is 0 Å². The highest BCUT2D eigenvalue weighted by atomic mass is 16.5. The summed E-state index contributed by atoms with van der Waals surface area (Å²) in [5.41, 5.74) is 4.35. The van der Waals surface area contributed by atoms with Crippen molar-refractivity contribution in [1.82, 2.24) is 9.97 Å².